The van der Waals surface area contributed by atoms with Gasteiger partial charge < -0.3 is 9.47 Å². The molecule has 0 aliphatic carbocycles. The summed E-state index contributed by atoms with van der Waals surface area (Å²) in [5.41, 5.74) is 2.45. The van der Waals surface area contributed by atoms with Gasteiger partial charge in [-0.1, -0.05) is 24.3 Å². The molecule has 0 aliphatic rings. The number of methoxy groups -OCH3 is 2. The average molecular weight is 385 g/mol. The molecular weight excluding hydrogens is 360 g/mol. The molecule has 2 aromatic carbocycles. The Labute approximate surface area is 162 Å². The second kappa shape index (κ2) is 8.73. The van der Waals surface area contributed by atoms with Crippen LogP contribution in [0.4, 0.5) is 11.4 Å². The van der Waals surface area contributed by atoms with Gasteiger partial charge in [-0.25, -0.2) is 9.98 Å². The van der Waals surface area contributed by atoms with Crippen molar-refractivity contribution in [3.63, 3.8) is 0 Å². The van der Waals surface area contributed by atoms with Crippen molar-refractivity contribution >= 4 is 22.9 Å². The van der Waals surface area contributed by atoms with Gasteiger partial charge in [-0.15, -0.1) is 0 Å². The summed E-state index contributed by atoms with van der Waals surface area (Å²) in [6.45, 7) is 5.76. The Kier molecular flexibility index (Phi) is 6.13. The molecule has 0 atom stereocenters. The summed E-state index contributed by atoms with van der Waals surface area (Å²) in [6.07, 6.45) is 0. The molecule has 0 amide bonds. The Bertz CT molecular complexity index is 1050. The SMILES string of the molecule is CCn1sc(=Nc2ccccc2OC)n(CC)c1=Nc1ccccc1OC. The predicted molar refractivity (Wildman–Crippen MR) is 108 cm³/mol. The molecule has 0 spiro atoms. The maximum Gasteiger partial charge on any atom is 0.222 e. The lowest BCUT2D eigenvalue weighted by Gasteiger charge is -2.05. The number of aryl methyl sites for hydroxylation is 1. The summed E-state index contributed by atoms with van der Waals surface area (Å²) < 4.78 is 15.1. The average Bonchev–Trinajstić information content (AvgIpc) is 3.04. The number of benzene rings is 2. The van der Waals surface area contributed by atoms with Gasteiger partial charge in [0.25, 0.3) is 0 Å². The van der Waals surface area contributed by atoms with Gasteiger partial charge >= 0.3 is 0 Å². The van der Waals surface area contributed by atoms with Crippen LogP contribution in [0.5, 0.6) is 11.5 Å². The number of aromatic nitrogens is 2. The zero-order chi connectivity index (χ0) is 19.2. The Morgan fingerprint density at radius 1 is 0.815 bits per heavy atom. The highest BCUT2D eigenvalue weighted by Gasteiger charge is 2.08. The van der Waals surface area contributed by atoms with Gasteiger partial charge in [0.15, 0.2) is 0 Å². The van der Waals surface area contributed by atoms with Crippen LogP contribution in [0.1, 0.15) is 13.8 Å². The molecule has 3 rings (SSSR count). The number of hydrogen-bond donors (Lipinski definition) is 0. The van der Waals surface area contributed by atoms with Gasteiger partial charge in [-0.2, -0.15) is 0 Å². The lowest BCUT2D eigenvalue weighted by atomic mass is 10.3. The van der Waals surface area contributed by atoms with E-state index in [4.69, 9.17) is 19.5 Å². The summed E-state index contributed by atoms with van der Waals surface area (Å²) in [4.78, 5) is 10.6. The Balaban J connectivity index is 2.25. The van der Waals surface area contributed by atoms with Crippen molar-refractivity contribution in [3.05, 3.63) is 59.0 Å². The van der Waals surface area contributed by atoms with Crippen LogP contribution in [-0.4, -0.2) is 22.7 Å². The molecule has 6 nitrogen and oxygen atoms in total. The van der Waals surface area contributed by atoms with Gasteiger partial charge in [-0.05, 0) is 49.6 Å². The molecule has 0 N–H and O–H groups in total. The van der Waals surface area contributed by atoms with Crippen LogP contribution in [0.15, 0.2) is 58.5 Å². The van der Waals surface area contributed by atoms with E-state index in [0.29, 0.717) is 0 Å². The van der Waals surface area contributed by atoms with Gasteiger partial charge in [0.05, 0.1) is 14.2 Å². The maximum atomic E-state index is 5.45. The van der Waals surface area contributed by atoms with Crippen molar-refractivity contribution < 1.29 is 9.47 Å². The van der Waals surface area contributed by atoms with Crippen molar-refractivity contribution in [2.45, 2.75) is 26.9 Å². The van der Waals surface area contributed by atoms with E-state index >= 15 is 0 Å². The lowest BCUT2D eigenvalue weighted by molar-refractivity contribution is 0.415. The highest BCUT2D eigenvalue weighted by atomic mass is 32.1. The minimum absolute atomic E-state index is 0.747. The van der Waals surface area contributed by atoms with Crippen LogP contribution in [0.3, 0.4) is 0 Å². The summed E-state index contributed by atoms with van der Waals surface area (Å²) in [7, 11) is 3.32. The van der Waals surface area contributed by atoms with E-state index in [1.54, 1.807) is 25.8 Å². The fourth-order valence-electron chi connectivity index (χ4n) is 2.74. The molecule has 142 valence electrons. The molecule has 27 heavy (non-hydrogen) atoms. The van der Waals surface area contributed by atoms with Crippen LogP contribution in [0, 0.1) is 0 Å². The van der Waals surface area contributed by atoms with Gasteiger partial charge in [0.1, 0.15) is 22.9 Å². The number of rotatable bonds is 6. The smallest absolute Gasteiger partial charge is 0.222 e. The monoisotopic (exact) mass is 384 g/mol. The van der Waals surface area contributed by atoms with E-state index in [2.05, 4.69) is 22.4 Å². The van der Waals surface area contributed by atoms with Crippen molar-refractivity contribution in [1.82, 2.24) is 8.52 Å². The highest BCUT2D eigenvalue weighted by molar-refractivity contribution is 7.03. The van der Waals surface area contributed by atoms with Crippen molar-refractivity contribution in [2.24, 2.45) is 9.98 Å². The molecule has 1 aromatic heterocycles. The van der Waals surface area contributed by atoms with Crippen LogP contribution in [0.2, 0.25) is 0 Å². The summed E-state index contributed by atoms with van der Waals surface area (Å²) in [5, 5.41) is 0. The normalized spacial score (nSPS) is 12.4. The Morgan fingerprint density at radius 2 is 1.37 bits per heavy atom. The van der Waals surface area contributed by atoms with E-state index in [9.17, 15) is 0 Å². The number of nitrogens with zero attached hydrogens (tertiary/aromatic N) is 4. The minimum atomic E-state index is 0.747. The molecule has 0 radical (unpaired) electrons. The minimum Gasteiger partial charge on any atom is -0.494 e. The van der Waals surface area contributed by atoms with E-state index < -0.39 is 0 Å². The lowest BCUT2D eigenvalue weighted by Crippen LogP contribution is -2.29. The number of para-hydroxylation sites is 4. The molecule has 0 aliphatic heterocycles. The number of ether oxygens (including phenoxy) is 2. The Morgan fingerprint density at radius 3 is 1.89 bits per heavy atom. The van der Waals surface area contributed by atoms with Gasteiger partial charge in [-0.3, -0.25) is 8.52 Å². The molecular formula is C20H24N4O2S. The fraction of sp³-hybridized carbons (Fsp3) is 0.300. The molecule has 0 bridgehead atoms. The fourth-order valence-corrected chi connectivity index (χ4v) is 3.74. The molecule has 0 unspecified atom stereocenters. The van der Waals surface area contributed by atoms with Gasteiger partial charge in [0, 0.05) is 13.1 Å². The molecule has 7 heteroatoms. The molecule has 0 fully saturated rings. The highest BCUT2D eigenvalue weighted by Crippen LogP contribution is 2.26. The molecule has 1 heterocycles. The van der Waals surface area contributed by atoms with Crippen LogP contribution < -0.4 is 19.9 Å². The number of hydrogen-bond acceptors (Lipinski definition) is 5. The third kappa shape index (κ3) is 3.98. The van der Waals surface area contributed by atoms with E-state index in [1.165, 1.54) is 0 Å². The molecule has 3 aromatic rings. The predicted octanol–water partition coefficient (Wildman–Crippen LogP) is 3.87. The second-order valence-corrected chi connectivity index (χ2v) is 6.67. The maximum absolute atomic E-state index is 5.45. The van der Waals surface area contributed by atoms with E-state index in [1.807, 2.05) is 48.5 Å². The first-order chi connectivity index (χ1) is 13.2. The second-order valence-electron chi connectivity index (χ2n) is 5.68. The van der Waals surface area contributed by atoms with Crippen molar-refractivity contribution in [3.8, 4) is 11.5 Å². The quantitative estimate of drug-likeness (QED) is 0.648. The first kappa shape index (κ1) is 19.0. The summed E-state index contributed by atoms with van der Waals surface area (Å²) in [6, 6.07) is 15.5. The molecule has 0 saturated carbocycles. The third-order valence-electron chi connectivity index (χ3n) is 4.10. The zero-order valence-corrected chi connectivity index (χ0v) is 16.9. The third-order valence-corrected chi connectivity index (χ3v) is 5.21. The first-order valence-corrected chi connectivity index (χ1v) is 9.65. The largest absolute Gasteiger partial charge is 0.494 e. The van der Waals surface area contributed by atoms with Crippen molar-refractivity contribution in [1.29, 1.82) is 0 Å². The molecule has 0 saturated heterocycles. The van der Waals surface area contributed by atoms with E-state index in [-0.39, 0.29) is 0 Å². The Hall–Kier alpha value is -2.80. The first-order valence-electron chi connectivity index (χ1n) is 8.88. The van der Waals surface area contributed by atoms with Crippen LogP contribution >= 0.6 is 11.5 Å². The van der Waals surface area contributed by atoms with Gasteiger partial charge in [0.2, 0.25) is 10.4 Å². The zero-order valence-electron chi connectivity index (χ0n) is 16.0. The summed E-state index contributed by atoms with van der Waals surface area (Å²) >= 11 is 1.58. The van der Waals surface area contributed by atoms with Crippen LogP contribution in [0.25, 0.3) is 0 Å². The topological polar surface area (TPSA) is 53.0 Å². The standard InChI is InChI=1S/C20H24N4O2S/c1-5-23-19(21-15-11-7-9-13-17(15)25-3)24(6-2)27-20(23)22-16-12-8-10-14-18(16)26-4/h7-14H,5-6H2,1-4H3. The summed E-state index contributed by atoms with van der Waals surface area (Å²) in [5.74, 6) is 1.50. The van der Waals surface area contributed by atoms with Crippen molar-refractivity contribution in [2.75, 3.05) is 14.2 Å². The van der Waals surface area contributed by atoms with Crippen LogP contribution in [-0.2, 0) is 13.1 Å². The van der Waals surface area contributed by atoms with E-state index in [0.717, 1.165) is 46.4 Å².